The Kier molecular flexibility index (Phi) is 6.00. The summed E-state index contributed by atoms with van der Waals surface area (Å²) in [6.07, 6.45) is 12.1. The number of rotatable bonds is 8. The van der Waals surface area contributed by atoms with Crippen LogP contribution in [0.2, 0.25) is 0 Å². The lowest BCUT2D eigenvalue weighted by atomic mass is 9.78. The summed E-state index contributed by atoms with van der Waals surface area (Å²) in [5, 5.41) is 10.9. The van der Waals surface area contributed by atoms with Gasteiger partial charge in [0.15, 0.2) is 0 Å². The monoisotopic (exact) mass is 326 g/mol. The zero-order chi connectivity index (χ0) is 17.9. The molecule has 3 heteroatoms. The van der Waals surface area contributed by atoms with E-state index in [-0.39, 0.29) is 24.0 Å². The van der Waals surface area contributed by atoms with Crippen molar-refractivity contribution >= 4 is 5.57 Å². The average molecular weight is 326 g/mol. The molecular weight excluding hydrogens is 296 g/mol. The standard InChI is InChI=1S/C21H30N2O/c1-7-9-10-17-16(8-2)19-12-22-13-23(19)20(17)18(11-14(3)4)21(24)15(5)6/h7-10,12-15,18,20-21,24H,1-2,11H2,3-6H3/b10-9-. The molecule has 1 aliphatic rings. The Morgan fingerprint density at radius 3 is 2.54 bits per heavy atom. The number of aliphatic hydroxyl groups is 1. The second-order valence-electron chi connectivity index (χ2n) is 7.33. The number of hydrogen-bond acceptors (Lipinski definition) is 2. The molecule has 3 atom stereocenters. The molecule has 0 aliphatic carbocycles. The predicted molar refractivity (Wildman–Crippen MR) is 102 cm³/mol. The Morgan fingerprint density at radius 2 is 2.00 bits per heavy atom. The highest BCUT2D eigenvalue weighted by Crippen LogP contribution is 2.45. The molecule has 0 radical (unpaired) electrons. The highest BCUT2D eigenvalue weighted by atomic mass is 16.3. The van der Waals surface area contributed by atoms with Crippen LogP contribution < -0.4 is 0 Å². The number of aliphatic hydroxyl groups excluding tert-OH is 1. The Morgan fingerprint density at radius 1 is 1.29 bits per heavy atom. The van der Waals surface area contributed by atoms with Gasteiger partial charge in [-0.05, 0) is 23.8 Å². The first kappa shape index (κ1) is 18.5. The Bertz CT molecular complexity index is 649. The second-order valence-corrected chi connectivity index (χ2v) is 7.33. The number of fused-ring (bicyclic) bond motifs is 1. The molecule has 130 valence electrons. The van der Waals surface area contributed by atoms with Crippen molar-refractivity contribution in [2.45, 2.75) is 46.3 Å². The van der Waals surface area contributed by atoms with Gasteiger partial charge >= 0.3 is 0 Å². The van der Waals surface area contributed by atoms with E-state index >= 15 is 0 Å². The molecule has 2 rings (SSSR count). The van der Waals surface area contributed by atoms with Gasteiger partial charge in [-0.3, -0.25) is 0 Å². The maximum Gasteiger partial charge on any atom is 0.0956 e. The van der Waals surface area contributed by atoms with Gasteiger partial charge in [0.25, 0.3) is 0 Å². The largest absolute Gasteiger partial charge is 0.392 e. The van der Waals surface area contributed by atoms with Crippen LogP contribution in [0.25, 0.3) is 5.57 Å². The first-order valence-corrected chi connectivity index (χ1v) is 8.78. The van der Waals surface area contributed by atoms with Gasteiger partial charge in [-0.25, -0.2) is 4.98 Å². The first-order valence-electron chi connectivity index (χ1n) is 8.78. The van der Waals surface area contributed by atoms with Crippen molar-refractivity contribution in [1.29, 1.82) is 0 Å². The highest BCUT2D eigenvalue weighted by Gasteiger charge is 2.38. The van der Waals surface area contributed by atoms with Crippen LogP contribution in [-0.2, 0) is 0 Å². The van der Waals surface area contributed by atoms with Crippen LogP contribution >= 0.6 is 0 Å². The van der Waals surface area contributed by atoms with Crippen molar-refractivity contribution in [3.8, 4) is 0 Å². The Hall–Kier alpha value is -1.87. The zero-order valence-corrected chi connectivity index (χ0v) is 15.3. The lowest BCUT2D eigenvalue weighted by Gasteiger charge is -2.34. The number of hydrogen-bond donors (Lipinski definition) is 1. The first-order chi connectivity index (χ1) is 11.4. The fourth-order valence-corrected chi connectivity index (χ4v) is 3.71. The molecule has 1 N–H and O–H groups in total. The van der Waals surface area contributed by atoms with Crippen molar-refractivity contribution in [1.82, 2.24) is 9.55 Å². The van der Waals surface area contributed by atoms with Crippen molar-refractivity contribution in [3.63, 3.8) is 0 Å². The normalized spacial score (nSPS) is 20.0. The fraction of sp³-hybridized carbons (Fsp3) is 0.476. The molecule has 0 fully saturated rings. The minimum absolute atomic E-state index is 0.0755. The van der Waals surface area contributed by atoms with E-state index in [4.69, 9.17) is 0 Å². The van der Waals surface area contributed by atoms with E-state index in [0.29, 0.717) is 5.92 Å². The highest BCUT2D eigenvalue weighted by molar-refractivity contribution is 5.80. The van der Waals surface area contributed by atoms with Crippen molar-refractivity contribution in [2.24, 2.45) is 17.8 Å². The van der Waals surface area contributed by atoms with Crippen LogP contribution in [0.5, 0.6) is 0 Å². The molecule has 1 aromatic heterocycles. The third-order valence-electron chi connectivity index (χ3n) is 4.76. The van der Waals surface area contributed by atoms with Crippen LogP contribution in [0.3, 0.4) is 0 Å². The molecule has 0 bridgehead atoms. The second kappa shape index (κ2) is 7.80. The van der Waals surface area contributed by atoms with Crippen LogP contribution in [-0.4, -0.2) is 20.8 Å². The van der Waals surface area contributed by atoms with Gasteiger partial charge in [-0.1, -0.05) is 65.2 Å². The van der Waals surface area contributed by atoms with E-state index in [1.807, 2.05) is 24.7 Å². The summed E-state index contributed by atoms with van der Waals surface area (Å²) in [4.78, 5) is 4.33. The number of aromatic nitrogens is 2. The average Bonchev–Trinajstić information content (AvgIpc) is 3.09. The molecule has 2 heterocycles. The summed E-state index contributed by atoms with van der Waals surface area (Å²) in [5.74, 6) is 0.839. The Labute approximate surface area is 146 Å². The maximum absolute atomic E-state index is 10.9. The lowest BCUT2D eigenvalue weighted by molar-refractivity contribution is 0.0358. The van der Waals surface area contributed by atoms with E-state index < -0.39 is 0 Å². The van der Waals surface area contributed by atoms with E-state index in [1.54, 1.807) is 6.08 Å². The van der Waals surface area contributed by atoms with Gasteiger partial charge in [0.1, 0.15) is 0 Å². The summed E-state index contributed by atoms with van der Waals surface area (Å²) < 4.78 is 2.19. The van der Waals surface area contributed by atoms with Gasteiger partial charge in [-0.2, -0.15) is 0 Å². The van der Waals surface area contributed by atoms with E-state index in [0.717, 1.165) is 17.7 Å². The molecule has 0 saturated heterocycles. The number of nitrogens with zero attached hydrogens (tertiary/aromatic N) is 2. The maximum atomic E-state index is 10.9. The van der Waals surface area contributed by atoms with Gasteiger partial charge in [-0.15, -0.1) is 0 Å². The summed E-state index contributed by atoms with van der Waals surface area (Å²) in [6, 6.07) is 0.0755. The smallest absolute Gasteiger partial charge is 0.0956 e. The third-order valence-corrected chi connectivity index (χ3v) is 4.76. The van der Waals surface area contributed by atoms with Crippen LogP contribution in [0, 0.1) is 17.8 Å². The lowest BCUT2D eigenvalue weighted by Crippen LogP contribution is -2.34. The van der Waals surface area contributed by atoms with Crippen LogP contribution in [0.4, 0.5) is 0 Å². The SMILES string of the molecule is C=C/C=C\C1=C(C=C)c2cncn2C1C(CC(C)C)C(O)C(C)C. The molecule has 3 nitrogen and oxygen atoms in total. The minimum Gasteiger partial charge on any atom is -0.392 e. The molecule has 0 amide bonds. The number of allylic oxidation sites excluding steroid dienone is 6. The van der Waals surface area contributed by atoms with E-state index in [9.17, 15) is 5.11 Å². The molecule has 0 aromatic carbocycles. The molecule has 24 heavy (non-hydrogen) atoms. The van der Waals surface area contributed by atoms with Gasteiger partial charge in [0.05, 0.1) is 30.4 Å². The topological polar surface area (TPSA) is 38.0 Å². The van der Waals surface area contributed by atoms with Gasteiger partial charge in [0, 0.05) is 11.5 Å². The van der Waals surface area contributed by atoms with Crippen LogP contribution in [0.15, 0.2) is 55.6 Å². The Balaban J connectivity index is 2.57. The third kappa shape index (κ3) is 3.46. The molecule has 0 saturated carbocycles. The predicted octanol–water partition coefficient (Wildman–Crippen LogP) is 4.80. The van der Waals surface area contributed by atoms with Gasteiger partial charge < -0.3 is 9.67 Å². The number of imidazole rings is 1. The molecular formula is C21H30N2O. The zero-order valence-electron chi connectivity index (χ0n) is 15.3. The van der Waals surface area contributed by atoms with Crippen molar-refractivity contribution in [2.75, 3.05) is 0 Å². The van der Waals surface area contributed by atoms with Crippen molar-refractivity contribution in [3.05, 3.63) is 61.3 Å². The van der Waals surface area contributed by atoms with E-state index in [1.165, 1.54) is 5.57 Å². The summed E-state index contributed by atoms with van der Waals surface area (Å²) in [7, 11) is 0. The summed E-state index contributed by atoms with van der Waals surface area (Å²) in [6.45, 7) is 16.4. The quantitative estimate of drug-likeness (QED) is 0.697. The molecule has 0 spiro atoms. The minimum atomic E-state index is -0.371. The molecule has 1 aromatic rings. The molecule has 3 unspecified atom stereocenters. The van der Waals surface area contributed by atoms with Crippen LogP contribution in [0.1, 0.15) is 45.9 Å². The van der Waals surface area contributed by atoms with Gasteiger partial charge in [0.2, 0.25) is 0 Å². The van der Waals surface area contributed by atoms with Crippen molar-refractivity contribution < 1.29 is 5.11 Å². The fourth-order valence-electron chi connectivity index (χ4n) is 3.71. The van der Waals surface area contributed by atoms with E-state index in [2.05, 4.69) is 56.5 Å². The summed E-state index contributed by atoms with van der Waals surface area (Å²) >= 11 is 0. The summed E-state index contributed by atoms with van der Waals surface area (Å²) in [5.41, 5.74) is 3.36. The molecule has 1 aliphatic heterocycles.